The van der Waals surface area contributed by atoms with Gasteiger partial charge < -0.3 is 10.6 Å². The van der Waals surface area contributed by atoms with Crippen molar-refractivity contribution < 1.29 is 14.0 Å². The highest BCUT2D eigenvalue weighted by Gasteiger charge is 2.28. The number of imidazole rings is 1. The van der Waals surface area contributed by atoms with Crippen molar-refractivity contribution in [2.24, 2.45) is 11.7 Å². The average Bonchev–Trinajstić information content (AvgIpc) is 3.04. The number of piperidine rings is 1. The van der Waals surface area contributed by atoms with Crippen molar-refractivity contribution in [2.45, 2.75) is 12.8 Å². The van der Waals surface area contributed by atoms with Crippen LogP contribution in [0.5, 0.6) is 0 Å². The number of nitrogens with zero attached hydrogens (tertiary/aromatic N) is 3. The lowest BCUT2D eigenvalue weighted by molar-refractivity contribution is -0.123. The number of rotatable bonds is 3. The van der Waals surface area contributed by atoms with E-state index in [9.17, 15) is 14.0 Å². The third kappa shape index (κ3) is 3.08. The molecular weight excluding hydrogens is 299 g/mol. The van der Waals surface area contributed by atoms with E-state index in [2.05, 4.69) is 4.98 Å². The van der Waals surface area contributed by atoms with Gasteiger partial charge in [0.2, 0.25) is 5.91 Å². The van der Waals surface area contributed by atoms with Gasteiger partial charge in [-0.25, -0.2) is 9.37 Å². The molecule has 0 spiro atoms. The molecule has 7 heteroatoms. The number of aromatic nitrogens is 2. The average molecular weight is 316 g/mol. The number of primary amides is 1. The fourth-order valence-electron chi connectivity index (χ4n) is 2.79. The van der Waals surface area contributed by atoms with Crippen LogP contribution >= 0.6 is 0 Å². The minimum Gasteiger partial charge on any atom is -0.369 e. The Morgan fingerprint density at radius 2 is 1.83 bits per heavy atom. The zero-order valence-electron chi connectivity index (χ0n) is 12.5. The third-order valence-corrected chi connectivity index (χ3v) is 4.15. The maximum Gasteiger partial charge on any atom is 0.272 e. The van der Waals surface area contributed by atoms with Crippen molar-refractivity contribution in [2.75, 3.05) is 13.1 Å². The normalized spacial score (nSPS) is 15.6. The van der Waals surface area contributed by atoms with Crippen LogP contribution in [0.15, 0.2) is 36.8 Å². The number of amides is 2. The van der Waals surface area contributed by atoms with Gasteiger partial charge in [-0.2, -0.15) is 0 Å². The quantitative estimate of drug-likeness (QED) is 0.928. The Labute approximate surface area is 132 Å². The minimum absolute atomic E-state index is 0.158. The summed E-state index contributed by atoms with van der Waals surface area (Å²) >= 11 is 0. The summed E-state index contributed by atoms with van der Waals surface area (Å²) < 4.78 is 14.7. The van der Waals surface area contributed by atoms with E-state index < -0.39 is 0 Å². The van der Waals surface area contributed by atoms with Gasteiger partial charge in [-0.05, 0) is 37.1 Å². The highest BCUT2D eigenvalue weighted by molar-refractivity contribution is 5.93. The molecule has 0 radical (unpaired) electrons. The number of likely N-dealkylation sites (tertiary alicyclic amines) is 1. The lowest BCUT2D eigenvalue weighted by atomic mass is 9.96. The summed E-state index contributed by atoms with van der Waals surface area (Å²) in [6.07, 6.45) is 4.17. The van der Waals surface area contributed by atoms with Crippen molar-refractivity contribution in [1.29, 1.82) is 0 Å². The summed E-state index contributed by atoms with van der Waals surface area (Å²) in [4.78, 5) is 29.6. The first-order chi connectivity index (χ1) is 11.1. The first kappa shape index (κ1) is 15.2. The summed E-state index contributed by atoms with van der Waals surface area (Å²) in [5.74, 6) is -0.973. The van der Waals surface area contributed by atoms with Crippen LogP contribution in [0.3, 0.4) is 0 Å². The zero-order chi connectivity index (χ0) is 16.4. The Bertz CT molecular complexity index is 718. The SMILES string of the molecule is NC(=O)C1CCN(C(=O)c2cncn2-c2ccc(F)cc2)CC1. The molecule has 6 nitrogen and oxygen atoms in total. The molecule has 0 atom stereocenters. The summed E-state index contributed by atoms with van der Waals surface area (Å²) in [5, 5.41) is 0. The van der Waals surface area contributed by atoms with E-state index in [1.165, 1.54) is 24.7 Å². The van der Waals surface area contributed by atoms with Crippen LogP contribution in [0.2, 0.25) is 0 Å². The summed E-state index contributed by atoms with van der Waals surface area (Å²) in [6.45, 7) is 0.974. The first-order valence-electron chi connectivity index (χ1n) is 7.43. The van der Waals surface area contributed by atoms with Gasteiger partial charge in [0.25, 0.3) is 5.91 Å². The van der Waals surface area contributed by atoms with Crippen LogP contribution in [-0.2, 0) is 4.79 Å². The number of benzene rings is 1. The molecule has 3 rings (SSSR count). The predicted octanol–water partition coefficient (Wildman–Crippen LogP) is 1.35. The van der Waals surface area contributed by atoms with Crippen LogP contribution in [-0.4, -0.2) is 39.4 Å². The predicted molar refractivity (Wildman–Crippen MR) is 81.3 cm³/mol. The molecule has 1 aromatic heterocycles. The largest absolute Gasteiger partial charge is 0.369 e. The van der Waals surface area contributed by atoms with Gasteiger partial charge >= 0.3 is 0 Å². The van der Waals surface area contributed by atoms with Gasteiger partial charge in [0.05, 0.1) is 12.5 Å². The van der Waals surface area contributed by atoms with E-state index in [4.69, 9.17) is 5.73 Å². The van der Waals surface area contributed by atoms with E-state index in [1.807, 2.05) is 0 Å². The van der Waals surface area contributed by atoms with E-state index in [-0.39, 0.29) is 23.5 Å². The van der Waals surface area contributed by atoms with Gasteiger partial charge in [0, 0.05) is 24.7 Å². The van der Waals surface area contributed by atoms with Gasteiger partial charge in [0.15, 0.2) is 0 Å². The molecule has 2 aromatic rings. The van der Waals surface area contributed by atoms with Crippen LogP contribution in [0, 0.1) is 11.7 Å². The second-order valence-corrected chi connectivity index (χ2v) is 5.59. The highest BCUT2D eigenvalue weighted by Crippen LogP contribution is 2.20. The van der Waals surface area contributed by atoms with E-state index in [0.717, 1.165) is 0 Å². The number of hydrogen-bond acceptors (Lipinski definition) is 3. The Morgan fingerprint density at radius 1 is 1.17 bits per heavy atom. The number of nitrogens with two attached hydrogens (primary N) is 1. The number of carbonyl (C=O) groups excluding carboxylic acids is 2. The van der Waals surface area contributed by atoms with Crippen LogP contribution < -0.4 is 5.73 Å². The highest BCUT2D eigenvalue weighted by atomic mass is 19.1. The van der Waals surface area contributed by atoms with E-state index >= 15 is 0 Å². The molecule has 0 unspecified atom stereocenters. The lowest BCUT2D eigenvalue weighted by Gasteiger charge is -2.30. The molecule has 0 bridgehead atoms. The van der Waals surface area contributed by atoms with Gasteiger partial charge in [-0.1, -0.05) is 0 Å². The summed E-state index contributed by atoms with van der Waals surface area (Å²) in [5.41, 5.74) is 6.39. The molecule has 2 amide bonds. The van der Waals surface area contributed by atoms with Crippen LogP contribution in [0.4, 0.5) is 4.39 Å². The van der Waals surface area contributed by atoms with Gasteiger partial charge in [0.1, 0.15) is 11.5 Å². The Balaban J connectivity index is 1.78. The summed E-state index contributed by atoms with van der Waals surface area (Å²) in [7, 11) is 0. The molecule has 2 heterocycles. The molecule has 120 valence electrons. The maximum absolute atomic E-state index is 13.0. The molecule has 0 aliphatic carbocycles. The number of hydrogen-bond donors (Lipinski definition) is 1. The van der Waals surface area contributed by atoms with Crippen molar-refractivity contribution in [3.63, 3.8) is 0 Å². The number of carbonyl (C=O) groups is 2. The number of halogens is 1. The fourth-order valence-corrected chi connectivity index (χ4v) is 2.79. The first-order valence-corrected chi connectivity index (χ1v) is 7.43. The maximum atomic E-state index is 13.0. The second kappa shape index (κ2) is 6.20. The molecule has 2 N–H and O–H groups in total. The topological polar surface area (TPSA) is 81.2 Å². The molecule has 1 saturated heterocycles. The van der Waals surface area contributed by atoms with E-state index in [0.29, 0.717) is 37.3 Å². The third-order valence-electron chi connectivity index (χ3n) is 4.15. The molecule has 0 saturated carbocycles. The molecule has 1 aliphatic rings. The molecule has 23 heavy (non-hydrogen) atoms. The van der Waals surface area contributed by atoms with Gasteiger partial charge in [-0.15, -0.1) is 0 Å². The Hall–Kier alpha value is -2.70. The van der Waals surface area contributed by atoms with Crippen molar-refractivity contribution >= 4 is 11.8 Å². The van der Waals surface area contributed by atoms with Crippen molar-refractivity contribution in [3.05, 3.63) is 48.3 Å². The molecular formula is C16H17FN4O2. The molecule has 1 aliphatic heterocycles. The lowest BCUT2D eigenvalue weighted by Crippen LogP contribution is -2.42. The second-order valence-electron chi connectivity index (χ2n) is 5.59. The van der Waals surface area contributed by atoms with Crippen molar-refractivity contribution in [1.82, 2.24) is 14.5 Å². The Kier molecular flexibility index (Phi) is 4.10. The Morgan fingerprint density at radius 3 is 2.43 bits per heavy atom. The molecule has 1 aromatic carbocycles. The van der Waals surface area contributed by atoms with Gasteiger partial charge in [-0.3, -0.25) is 14.2 Å². The fraction of sp³-hybridized carbons (Fsp3) is 0.312. The summed E-state index contributed by atoms with van der Waals surface area (Å²) in [6, 6.07) is 5.85. The van der Waals surface area contributed by atoms with Crippen molar-refractivity contribution in [3.8, 4) is 5.69 Å². The molecule has 1 fully saturated rings. The van der Waals surface area contributed by atoms with Crippen LogP contribution in [0.25, 0.3) is 5.69 Å². The standard InChI is InChI=1S/C16H17FN4O2/c17-12-1-3-13(4-2-12)21-10-19-9-14(21)16(23)20-7-5-11(6-8-20)15(18)22/h1-4,9-11H,5-8H2,(H2,18,22). The minimum atomic E-state index is -0.338. The van der Waals surface area contributed by atoms with E-state index in [1.54, 1.807) is 21.6 Å². The smallest absolute Gasteiger partial charge is 0.272 e. The monoisotopic (exact) mass is 316 g/mol. The van der Waals surface area contributed by atoms with Crippen LogP contribution in [0.1, 0.15) is 23.3 Å². The zero-order valence-corrected chi connectivity index (χ0v) is 12.5.